The van der Waals surface area contributed by atoms with Gasteiger partial charge in [-0.05, 0) is 18.5 Å². The maximum atomic E-state index is 10.5. The highest BCUT2D eigenvalue weighted by molar-refractivity contribution is 5.32. The number of hydrogen-bond donors (Lipinski definition) is 1. The third-order valence-electron chi connectivity index (χ3n) is 2.76. The van der Waals surface area contributed by atoms with Crippen LogP contribution in [0.25, 0.3) is 0 Å². The number of nitro groups is 1. The minimum absolute atomic E-state index is 0.106. The Kier molecular flexibility index (Phi) is 4.19. The summed E-state index contributed by atoms with van der Waals surface area (Å²) in [7, 11) is 0. The van der Waals surface area contributed by atoms with Crippen molar-refractivity contribution >= 4 is 5.69 Å². The lowest BCUT2D eigenvalue weighted by molar-refractivity contribution is -0.384. The molecule has 0 aliphatic carbocycles. The molecule has 0 saturated carbocycles. The predicted octanol–water partition coefficient (Wildman–Crippen LogP) is 0.930. The van der Waals surface area contributed by atoms with Gasteiger partial charge in [-0.25, -0.2) is 0 Å². The molecule has 0 spiro atoms. The summed E-state index contributed by atoms with van der Waals surface area (Å²) in [5.41, 5.74) is 7.46. The van der Waals surface area contributed by atoms with E-state index in [1.807, 2.05) is 6.20 Å². The fraction of sp³-hybridized carbons (Fsp3) is 0.333. The molecule has 0 atom stereocenters. The first-order chi connectivity index (χ1) is 9.19. The lowest BCUT2D eigenvalue weighted by atomic mass is 10.1. The van der Waals surface area contributed by atoms with Crippen LogP contribution >= 0.6 is 0 Å². The zero-order valence-electron chi connectivity index (χ0n) is 10.4. The van der Waals surface area contributed by atoms with Gasteiger partial charge >= 0.3 is 0 Å². The first-order valence-corrected chi connectivity index (χ1v) is 6.01. The Hall–Kier alpha value is -2.28. The minimum Gasteiger partial charge on any atom is -0.330 e. The van der Waals surface area contributed by atoms with Gasteiger partial charge < -0.3 is 5.73 Å². The minimum atomic E-state index is -0.402. The molecule has 1 heterocycles. The van der Waals surface area contributed by atoms with Gasteiger partial charge in [-0.2, -0.15) is 0 Å². The van der Waals surface area contributed by atoms with Gasteiger partial charge in [0.25, 0.3) is 5.69 Å². The van der Waals surface area contributed by atoms with Gasteiger partial charge in [0.15, 0.2) is 0 Å². The van der Waals surface area contributed by atoms with Gasteiger partial charge in [-0.15, -0.1) is 5.10 Å². The number of nitro benzene ring substituents is 1. The second-order valence-electron chi connectivity index (χ2n) is 4.19. The van der Waals surface area contributed by atoms with Crippen molar-refractivity contribution in [3.63, 3.8) is 0 Å². The summed E-state index contributed by atoms with van der Waals surface area (Å²) in [5.74, 6) is 0. The van der Waals surface area contributed by atoms with E-state index in [1.54, 1.807) is 16.8 Å². The first kappa shape index (κ1) is 13.2. The average Bonchev–Trinajstić information content (AvgIpc) is 2.85. The molecule has 1 aromatic heterocycles. The fourth-order valence-corrected chi connectivity index (χ4v) is 1.74. The van der Waals surface area contributed by atoms with Crippen LogP contribution in [0.15, 0.2) is 30.5 Å². The average molecular weight is 261 g/mol. The van der Waals surface area contributed by atoms with Gasteiger partial charge in [0.05, 0.1) is 10.6 Å². The Morgan fingerprint density at radius 3 is 2.63 bits per heavy atom. The Labute approximate surface area is 110 Å². The molecular weight excluding hydrogens is 246 g/mol. The number of hydrogen-bond acceptors (Lipinski definition) is 5. The summed E-state index contributed by atoms with van der Waals surface area (Å²) in [6, 6.07) is 6.54. The Balaban J connectivity index is 1.92. The number of aromatic nitrogens is 3. The molecule has 0 fully saturated rings. The van der Waals surface area contributed by atoms with Crippen LogP contribution in [0.3, 0.4) is 0 Å². The van der Waals surface area contributed by atoms with Crippen LogP contribution in [0, 0.1) is 10.1 Å². The molecule has 0 radical (unpaired) electrons. The SMILES string of the molecule is NCCc1cn(CCc2ccc([N+](=O)[O-])cc2)nn1. The summed E-state index contributed by atoms with van der Waals surface area (Å²) < 4.78 is 1.76. The lowest BCUT2D eigenvalue weighted by Crippen LogP contribution is -2.03. The second-order valence-corrected chi connectivity index (χ2v) is 4.19. The Bertz CT molecular complexity index is 550. The van der Waals surface area contributed by atoms with E-state index in [-0.39, 0.29) is 5.69 Å². The molecule has 7 nitrogen and oxygen atoms in total. The zero-order chi connectivity index (χ0) is 13.7. The summed E-state index contributed by atoms with van der Waals surface area (Å²) in [6.45, 7) is 1.25. The van der Waals surface area contributed by atoms with E-state index in [0.29, 0.717) is 13.1 Å². The second kappa shape index (κ2) is 6.05. The molecule has 0 aliphatic heterocycles. The molecule has 0 bridgehead atoms. The summed E-state index contributed by atoms with van der Waals surface area (Å²) in [5, 5.41) is 18.5. The van der Waals surface area contributed by atoms with Crippen molar-refractivity contribution in [2.45, 2.75) is 19.4 Å². The van der Waals surface area contributed by atoms with Crippen LogP contribution in [0.2, 0.25) is 0 Å². The van der Waals surface area contributed by atoms with E-state index >= 15 is 0 Å². The highest BCUT2D eigenvalue weighted by atomic mass is 16.6. The lowest BCUT2D eigenvalue weighted by Gasteiger charge is -2.01. The van der Waals surface area contributed by atoms with E-state index in [1.165, 1.54) is 12.1 Å². The van der Waals surface area contributed by atoms with Crippen LogP contribution in [0.4, 0.5) is 5.69 Å². The van der Waals surface area contributed by atoms with Crippen molar-refractivity contribution in [1.82, 2.24) is 15.0 Å². The molecule has 1 aromatic carbocycles. The van der Waals surface area contributed by atoms with Crippen LogP contribution in [-0.2, 0) is 19.4 Å². The standard InChI is InChI=1S/C12H15N5O2/c13-7-5-11-9-16(15-14-11)8-6-10-1-3-12(4-2-10)17(18)19/h1-4,9H,5-8,13H2. The van der Waals surface area contributed by atoms with Crippen molar-refractivity contribution < 1.29 is 4.92 Å². The molecule has 7 heteroatoms. The molecular formula is C12H15N5O2. The smallest absolute Gasteiger partial charge is 0.269 e. The third-order valence-corrected chi connectivity index (χ3v) is 2.76. The highest BCUT2D eigenvalue weighted by Crippen LogP contribution is 2.12. The van der Waals surface area contributed by atoms with Gasteiger partial charge in [-0.1, -0.05) is 17.3 Å². The fourth-order valence-electron chi connectivity index (χ4n) is 1.74. The van der Waals surface area contributed by atoms with Crippen molar-refractivity contribution in [1.29, 1.82) is 0 Å². The number of rotatable bonds is 6. The Morgan fingerprint density at radius 2 is 2.00 bits per heavy atom. The van der Waals surface area contributed by atoms with E-state index < -0.39 is 4.92 Å². The van der Waals surface area contributed by atoms with Crippen molar-refractivity contribution in [3.8, 4) is 0 Å². The third kappa shape index (κ3) is 3.59. The van der Waals surface area contributed by atoms with E-state index in [2.05, 4.69) is 10.3 Å². The molecule has 2 rings (SSSR count). The van der Waals surface area contributed by atoms with Gasteiger partial charge in [-0.3, -0.25) is 14.8 Å². The topological polar surface area (TPSA) is 99.9 Å². The van der Waals surface area contributed by atoms with E-state index in [9.17, 15) is 10.1 Å². The summed E-state index contributed by atoms with van der Waals surface area (Å²) in [6.07, 6.45) is 3.35. The monoisotopic (exact) mass is 261 g/mol. The van der Waals surface area contributed by atoms with Crippen molar-refractivity contribution in [2.24, 2.45) is 5.73 Å². The van der Waals surface area contributed by atoms with Crippen LogP contribution < -0.4 is 5.73 Å². The molecule has 0 unspecified atom stereocenters. The zero-order valence-corrected chi connectivity index (χ0v) is 10.4. The Morgan fingerprint density at radius 1 is 1.26 bits per heavy atom. The normalized spacial score (nSPS) is 10.6. The van der Waals surface area contributed by atoms with Crippen LogP contribution in [-0.4, -0.2) is 26.5 Å². The molecule has 0 saturated heterocycles. The number of aryl methyl sites for hydroxylation is 2. The molecule has 0 aliphatic rings. The first-order valence-electron chi connectivity index (χ1n) is 6.01. The maximum absolute atomic E-state index is 10.5. The molecule has 2 aromatic rings. The van der Waals surface area contributed by atoms with Gasteiger partial charge in [0.1, 0.15) is 0 Å². The highest BCUT2D eigenvalue weighted by Gasteiger charge is 2.04. The van der Waals surface area contributed by atoms with Gasteiger partial charge in [0, 0.05) is 31.3 Å². The summed E-state index contributed by atoms with van der Waals surface area (Å²) >= 11 is 0. The quantitative estimate of drug-likeness (QED) is 0.616. The number of non-ortho nitro benzene ring substituents is 1. The largest absolute Gasteiger partial charge is 0.330 e. The molecule has 2 N–H and O–H groups in total. The van der Waals surface area contributed by atoms with Gasteiger partial charge in [0.2, 0.25) is 0 Å². The number of nitrogens with two attached hydrogens (primary N) is 1. The summed E-state index contributed by atoms with van der Waals surface area (Å²) in [4.78, 5) is 10.1. The van der Waals surface area contributed by atoms with Crippen molar-refractivity contribution in [3.05, 3.63) is 51.8 Å². The maximum Gasteiger partial charge on any atom is 0.269 e. The molecule has 0 amide bonds. The molecule has 100 valence electrons. The molecule has 19 heavy (non-hydrogen) atoms. The predicted molar refractivity (Wildman–Crippen MR) is 69.6 cm³/mol. The van der Waals surface area contributed by atoms with E-state index in [0.717, 1.165) is 24.1 Å². The number of benzene rings is 1. The van der Waals surface area contributed by atoms with Crippen LogP contribution in [0.1, 0.15) is 11.3 Å². The number of nitrogens with zero attached hydrogens (tertiary/aromatic N) is 4. The van der Waals surface area contributed by atoms with E-state index in [4.69, 9.17) is 5.73 Å². The van der Waals surface area contributed by atoms with Crippen molar-refractivity contribution in [2.75, 3.05) is 6.54 Å². The van der Waals surface area contributed by atoms with Crippen LogP contribution in [0.5, 0.6) is 0 Å².